The molecule has 3 aromatic rings. The standard InChI is InChI=1S/C22H21NO3/c1-14(11-16-9-10-20(25-3)21(13-16)26-4)22(24)18-12-15(2)23-19-8-6-5-7-17(18)19/h5-13H,1-4H3/b14-11+. The fourth-order valence-electron chi connectivity index (χ4n) is 2.97. The molecule has 0 saturated heterocycles. The summed E-state index contributed by atoms with van der Waals surface area (Å²) in [6, 6.07) is 15.1. The Kier molecular flexibility index (Phi) is 5.03. The van der Waals surface area contributed by atoms with Crippen LogP contribution in [0, 0.1) is 6.92 Å². The van der Waals surface area contributed by atoms with E-state index in [2.05, 4.69) is 4.98 Å². The number of nitrogens with zero attached hydrogens (tertiary/aromatic N) is 1. The third-order valence-electron chi connectivity index (χ3n) is 4.24. The number of aromatic nitrogens is 1. The lowest BCUT2D eigenvalue weighted by Gasteiger charge is -2.09. The number of ketones is 1. The quantitative estimate of drug-likeness (QED) is 0.489. The van der Waals surface area contributed by atoms with Crippen LogP contribution in [0.15, 0.2) is 54.1 Å². The summed E-state index contributed by atoms with van der Waals surface area (Å²) < 4.78 is 10.6. The molecule has 2 aromatic carbocycles. The van der Waals surface area contributed by atoms with E-state index >= 15 is 0 Å². The summed E-state index contributed by atoms with van der Waals surface area (Å²) in [5.41, 5.74) is 3.85. The third-order valence-corrected chi connectivity index (χ3v) is 4.24. The largest absolute Gasteiger partial charge is 0.493 e. The molecule has 4 heteroatoms. The molecule has 1 aromatic heterocycles. The highest BCUT2D eigenvalue weighted by atomic mass is 16.5. The number of para-hydroxylation sites is 1. The van der Waals surface area contributed by atoms with Gasteiger partial charge in [0.15, 0.2) is 17.3 Å². The average molecular weight is 347 g/mol. The maximum Gasteiger partial charge on any atom is 0.189 e. The van der Waals surface area contributed by atoms with E-state index in [0.29, 0.717) is 22.6 Å². The number of carbonyl (C=O) groups is 1. The van der Waals surface area contributed by atoms with Gasteiger partial charge in [0.05, 0.1) is 19.7 Å². The van der Waals surface area contributed by atoms with Gasteiger partial charge in [0, 0.05) is 16.6 Å². The molecule has 0 radical (unpaired) electrons. The van der Waals surface area contributed by atoms with E-state index in [9.17, 15) is 4.79 Å². The number of fused-ring (bicyclic) bond motifs is 1. The monoisotopic (exact) mass is 347 g/mol. The molecular formula is C22H21NO3. The first-order valence-electron chi connectivity index (χ1n) is 8.35. The Morgan fingerprint density at radius 2 is 1.73 bits per heavy atom. The Balaban J connectivity index is 2.02. The lowest BCUT2D eigenvalue weighted by Crippen LogP contribution is -2.03. The zero-order valence-electron chi connectivity index (χ0n) is 15.4. The Hall–Kier alpha value is -3.14. The maximum atomic E-state index is 13.0. The number of hydrogen-bond acceptors (Lipinski definition) is 4. The highest BCUT2D eigenvalue weighted by molar-refractivity contribution is 6.17. The van der Waals surface area contributed by atoms with Gasteiger partial charge in [-0.25, -0.2) is 0 Å². The van der Waals surface area contributed by atoms with Gasteiger partial charge in [-0.3, -0.25) is 9.78 Å². The molecule has 0 atom stereocenters. The minimum Gasteiger partial charge on any atom is -0.493 e. The second kappa shape index (κ2) is 7.40. The van der Waals surface area contributed by atoms with Crippen LogP contribution in [0.25, 0.3) is 17.0 Å². The van der Waals surface area contributed by atoms with Crippen molar-refractivity contribution in [2.75, 3.05) is 14.2 Å². The maximum absolute atomic E-state index is 13.0. The smallest absolute Gasteiger partial charge is 0.189 e. The molecule has 0 aliphatic heterocycles. The van der Waals surface area contributed by atoms with Gasteiger partial charge in [-0.2, -0.15) is 0 Å². The number of pyridine rings is 1. The van der Waals surface area contributed by atoms with Crippen molar-refractivity contribution in [1.29, 1.82) is 0 Å². The molecule has 0 unspecified atom stereocenters. The van der Waals surface area contributed by atoms with Gasteiger partial charge in [0.25, 0.3) is 0 Å². The fourth-order valence-corrected chi connectivity index (χ4v) is 2.97. The van der Waals surface area contributed by atoms with Gasteiger partial charge in [-0.05, 0) is 55.3 Å². The number of carbonyl (C=O) groups excluding carboxylic acids is 1. The lowest BCUT2D eigenvalue weighted by molar-refractivity contribution is 0.103. The van der Waals surface area contributed by atoms with E-state index in [-0.39, 0.29) is 5.78 Å². The van der Waals surface area contributed by atoms with Crippen LogP contribution in [0.2, 0.25) is 0 Å². The van der Waals surface area contributed by atoms with E-state index in [4.69, 9.17) is 9.47 Å². The van der Waals surface area contributed by atoms with Gasteiger partial charge < -0.3 is 9.47 Å². The summed E-state index contributed by atoms with van der Waals surface area (Å²) in [5.74, 6) is 1.28. The Morgan fingerprint density at radius 1 is 1.00 bits per heavy atom. The average Bonchev–Trinajstić information content (AvgIpc) is 2.66. The topological polar surface area (TPSA) is 48.4 Å². The summed E-state index contributed by atoms with van der Waals surface area (Å²) in [7, 11) is 3.19. The molecule has 26 heavy (non-hydrogen) atoms. The van der Waals surface area contributed by atoms with Gasteiger partial charge in [0.1, 0.15) is 0 Å². The van der Waals surface area contributed by atoms with Gasteiger partial charge in [-0.1, -0.05) is 24.3 Å². The molecule has 132 valence electrons. The molecule has 0 amide bonds. The predicted octanol–water partition coefficient (Wildman–Crippen LogP) is 4.85. The number of benzene rings is 2. The molecule has 3 rings (SSSR count). The minimum absolute atomic E-state index is 0.0125. The number of allylic oxidation sites excluding steroid dienone is 1. The number of rotatable bonds is 5. The van der Waals surface area contributed by atoms with Crippen LogP contribution in [0.4, 0.5) is 0 Å². The Labute approximate surface area is 153 Å². The van der Waals surface area contributed by atoms with Gasteiger partial charge >= 0.3 is 0 Å². The highest BCUT2D eigenvalue weighted by Gasteiger charge is 2.14. The number of hydrogen-bond donors (Lipinski definition) is 0. The molecule has 0 fully saturated rings. The number of ether oxygens (including phenoxy) is 2. The molecule has 0 spiro atoms. The molecule has 4 nitrogen and oxygen atoms in total. The van der Waals surface area contributed by atoms with Gasteiger partial charge in [-0.15, -0.1) is 0 Å². The normalized spacial score (nSPS) is 11.5. The van der Waals surface area contributed by atoms with Crippen LogP contribution in [0.5, 0.6) is 11.5 Å². The van der Waals surface area contributed by atoms with Crippen molar-refractivity contribution in [3.05, 3.63) is 70.9 Å². The van der Waals surface area contributed by atoms with Crippen LogP contribution in [0.1, 0.15) is 28.5 Å². The van der Waals surface area contributed by atoms with Crippen molar-refractivity contribution in [1.82, 2.24) is 4.98 Å². The van der Waals surface area contributed by atoms with Crippen LogP contribution in [0.3, 0.4) is 0 Å². The van der Waals surface area contributed by atoms with Crippen molar-refractivity contribution in [3.8, 4) is 11.5 Å². The first-order valence-corrected chi connectivity index (χ1v) is 8.35. The Bertz CT molecular complexity index is 1010. The van der Waals surface area contributed by atoms with Crippen molar-refractivity contribution in [2.24, 2.45) is 0 Å². The van der Waals surface area contributed by atoms with Crippen molar-refractivity contribution >= 4 is 22.8 Å². The lowest BCUT2D eigenvalue weighted by atomic mass is 9.98. The first kappa shape index (κ1) is 17.7. The molecule has 0 saturated carbocycles. The van der Waals surface area contributed by atoms with E-state index in [0.717, 1.165) is 22.2 Å². The molecular weight excluding hydrogens is 326 g/mol. The summed E-state index contributed by atoms with van der Waals surface area (Å²) in [6.07, 6.45) is 1.86. The summed E-state index contributed by atoms with van der Waals surface area (Å²) >= 11 is 0. The zero-order valence-corrected chi connectivity index (χ0v) is 15.4. The first-order chi connectivity index (χ1) is 12.5. The minimum atomic E-state index is -0.0125. The van der Waals surface area contributed by atoms with E-state index in [1.807, 2.05) is 68.5 Å². The van der Waals surface area contributed by atoms with Gasteiger partial charge in [0.2, 0.25) is 0 Å². The SMILES string of the molecule is COc1ccc(/C=C(\C)C(=O)c2cc(C)nc3ccccc23)cc1OC. The van der Waals surface area contributed by atoms with E-state index < -0.39 is 0 Å². The van der Waals surface area contributed by atoms with Crippen molar-refractivity contribution < 1.29 is 14.3 Å². The Morgan fingerprint density at radius 3 is 2.46 bits per heavy atom. The number of Topliss-reactive ketones (excluding diaryl/α,β-unsaturated/α-hetero) is 1. The fraction of sp³-hybridized carbons (Fsp3) is 0.182. The molecule has 1 heterocycles. The molecule has 0 bridgehead atoms. The second-order valence-corrected chi connectivity index (χ2v) is 6.10. The zero-order chi connectivity index (χ0) is 18.7. The molecule has 0 aliphatic carbocycles. The summed E-state index contributed by atoms with van der Waals surface area (Å²) in [6.45, 7) is 3.72. The van der Waals surface area contributed by atoms with Crippen LogP contribution >= 0.6 is 0 Å². The number of aryl methyl sites for hydroxylation is 1. The van der Waals surface area contributed by atoms with Crippen LogP contribution in [-0.2, 0) is 0 Å². The van der Waals surface area contributed by atoms with E-state index in [1.54, 1.807) is 14.2 Å². The van der Waals surface area contributed by atoms with Crippen molar-refractivity contribution in [3.63, 3.8) is 0 Å². The second-order valence-electron chi connectivity index (χ2n) is 6.10. The summed E-state index contributed by atoms with van der Waals surface area (Å²) in [5, 5.41) is 0.864. The summed E-state index contributed by atoms with van der Waals surface area (Å²) in [4.78, 5) is 17.5. The molecule has 0 aliphatic rings. The number of methoxy groups -OCH3 is 2. The predicted molar refractivity (Wildman–Crippen MR) is 104 cm³/mol. The molecule has 0 N–H and O–H groups in total. The van der Waals surface area contributed by atoms with Crippen molar-refractivity contribution in [2.45, 2.75) is 13.8 Å². The van der Waals surface area contributed by atoms with E-state index in [1.165, 1.54) is 0 Å². The van der Waals surface area contributed by atoms with Crippen LogP contribution < -0.4 is 9.47 Å². The highest BCUT2D eigenvalue weighted by Crippen LogP contribution is 2.29. The van der Waals surface area contributed by atoms with Crippen LogP contribution in [-0.4, -0.2) is 25.0 Å². The third kappa shape index (κ3) is 3.45.